The quantitative estimate of drug-likeness (QED) is 0.859. The first-order valence-corrected chi connectivity index (χ1v) is 8.35. The number of aryl methyl sites for hydroxylation is 1. The van der Waals surface area contributed by atoms with E-state index in [-0.39, 0.29) is 0 Å². The van der Waals surface area contributed by atoms with Crippen molar-refractivity contribution in [1.29, 1.82) is 0 Å². The summed E-state index contributed by atoms with van der Waals surface area (Å²) in [7, 11) is 0. The van der Waals surface area contributed by atoms with Gasteiger partial charge in [-0.1, -0.05) is 20.8 Å². The van der Waals surface area contributed by atoms with Gasteiger partial charge in [0.15, 0.2) is 0 Å². The number of carbonyl (C=O) groups excluding carboxylic acids is 1. The normalized spacial score (nSPS) is 24.8. The maximum Gasteiger partial charge on any atom is 0.226 e. The molecule has 1 aliphatic heterocycles. The molecule has 1 aromatic heterocycles. The molecule has 1 amide bonds. The van der Waals surface area contributed by atoms with Crippen molar-refractivity contribution < 1.29 is 4.79 Å². The monoisotopic (exact) mass is 302 g/mol. The van der Waals surface area contributed by atoms with Gasteiger partial charge < -0.3 is 9.80 Å². The first-order valence-electron chi connectivity index (χ1n) is 8.35. The zero-order valence-electron chi connectivity index (χ0n) is 14.0. The van der Waals surface area contributed by atoms with Crippen molar-refractivity contribution in [3.63, 3.8) is 0 Å². The van der Waals surface area contributed by atoms with Crippen LogP contribution in [0.1, 0.15) is 44.6 Å². The Morgan fingerprint density at radius 3 is 2.41 bits per heavy atom. The van der Waals surface area contributed by atoms with Crippen LogP contribution in [0.25, 0.3) is 0 Å². The fourth-order valence-corrected chi connectivity index (χ4v) is 3.05. The van der Waals surface area contributed by atoms with E-state index in [1.165, 1.54) is 0 Å². The first kappa shape index (κ1) is 15.3. The van der Waals surface area contributed by atoms with E-state index < -0.39 is 0 Å². The van der Waals surface area contributed by atoms with Gasteiger partial charge in [-0.15, -0.1) is 0 Å². The zero-order valence-corrected chi connectivity index (χ0v) is 14.0. The number of anilines is 1. The van der Waals surface area contributed by atoms with Crippen LogP contribution in [0.2, 0.25) is 0 Å². The Morgan fingerprint density at radius 2 is 1.86 bits per heavy atom. The fraction of sp³-hybridized carbons (Fsp3) is 0.706. The largest absolute Gasteiger partial charge is 0.353 e. The van der Waals surface area contributed by atoms with Crippen LogP contribution < -0.4 is 4.90 Å². The smallest absolute Gasteiger partial charge is 0.226 e. The van der Waals surface area contributed by atoms with Gasteiger partial charge in [-0.2, -0.15) is 0 Å². The second-order valence-corrected chi connectivity index (χ2v) is 7.01. The number of aromatic nitrogens is 2. The van der Waals surface area contributed by atoms with Crippen molar-refractivity contribution in [2.75, 3.05) is 31.1 Å². The minimum Gasteiger partial charge on any atom is -0.353 e. The molecule has 2 atom stereocenters. The van der Waals surface area contributed by atoms with Gasteiger partial charge in [0.25, 0.3) is 0 Å². The maximum absolute atomic E-state index is 12.3. The minimum atomic E-state index is 0.292. The number of piperazine rings is 1. The third kappa shape index (κ3) is 3.08. The number of hydrogen-bond acceptors (Lipinski definition) is 4. The molecule has 0 bridgehead atoms. The highest BCUT2D eigenvalue weighted by molar-refractivity contribution is 5.81. The van der Waals surface area contributed by atoms with Crippen molar-refractivity contribution in [2.24, 2.45) is 11.8 Å². The van der Waals surface area contributed by atoms with Gasteiger partial charge in [0.05, 0.1) is 0 Å². The number of hydrogen-bond donors (Lipinski definition) is 0. The standard InChI is InChI=1S/C17H26N4O/c1-11(2)16-18-13(4)10-15(19-16)20-5-7-21(8-6-20)17(22)14-9-12(14)3/h10-12,14H,5-9H2,1-4H3. The van der Waals surface area contributed by atoms with Crippen molar-refractivity contribution >= 4 is 11.7 Å². The van der Waals surface area contributed by atoms with E-state index in [9.17, 15) is 4.79 Å². The van der Waals surface area contributed by atoms with Crippen LogP contribution in [0.4, 0.5) is 5.82 Å². The van der Waals surface area contributed by atoms with Crippen molar-refractivity contribution in [3.05, 3.63) is 17.6 Å². The van der Waals surface area contributed by atoms with Gasteiger partial charge >= 0.3 is 0 Å². The number of nitrogens with zero attached hydrogens (tertiary/aromatic N) is 4. The van der Waals surface area contributed by atoms with E-state index in [1.807, 2.05) is 17.9 Å². The predicted molar refractivity (Wildman–Crippen MR) is 86.9 cm³/mol. The first-order chi connectivity index (χ1) is 10.5. The summed E-state index contributed by atoms with van der Waals surface area (Å²) >= 11 is 0. The van der Waals surface area contributed by atoms with Crippen LogP contribution in [-0.2, 0) is 4.79 Å². The molecule has 5 nitrogen and oxygen atoms in total. The van der Waals surface area contributed by atoms with E-state index >= 15 is 0 Å². The van der Waals surface area contributed by atoms with Gasteiger partial charge in [0, 0.05) is 49.8 Å². The molecule has 22 heavy (non-hydrogen) atoms. The lowest BCUT2D eigenvalue weighted by atomic mass is 10.2. The summed E-state index contributed by atoms with van der Waals surface area (Å²) < 4.78 is 0. The van der Waals surface area contributed by atoms with E-state index in [0.29, 0.717) is 23.7 Å². The lowest BCUT2D eigenvalue weighted by molar-refractivity contribution is -0.133. The van der Waals surface area contributed by atoms with E-state index in [0.717, 1.165) is 49.9 Å². The van der Waals surface area contributed by atoms with Crippen molar-refractivity contribution in [1.82, 2.24) is 14.9 Å². The lowest BCUT2D eigenvalue weighted by Gasteiger charge is -2.35. The molecule has 2 unspecified atom stereocenters. The lowest BCUT2D eigenvalue weighted by Crippen LogP contribution is -2.49. The Bertz CT molecular complexity index is 564. The third-order valence-electron chi connectivity index (χ3n) is 4.72. The highest BCUT2D eigenvalue weighted by Crippen LogP contribution is 2.39. The van der Waals surface area contributed by atoms with Gasteiger partial charge in [0.1, 0.15) is 11.6 Å². The fourth-order valence-electron chi connectivity index (χ4n) is 3.05. The SMILES string of the molecule is Cc1cc(N2CCN(C(=O)C3CC3C)CC2)nc(C(C)C)n1. The summed E-state index contributed by atoms with van der Waals surface area (Å²) in [5, 5.41) is 0. The van der Waals surface area contributed by atoms with Gasteiger partial charge in [0.2, 0.25) is 5.91 Å². The molecular formula is C17H26N4O. The van der Waals surface area contributed by atoms with Gasteiger partial charge in [-0.25, -0.2) is 9.97 Å². The molecule has 0 radical (unpaired) electrons. The second kappa shape index (κ2) is 5.86. The van der Waals surface area contributed by atoms with E-state index in [1.54, 1.807) is 0 Å². The van der Waals surface area contributed by atoms with Crippen LogP contribution in [0.3, 0.4) is 0 Å². The van der Waals surface area contributed by atoms with Crippen molar-refractivity contribution in [2.45, 2.75) is 40.0 Å². The summed E-state index contributed by atoms with van der Waals surface area (Å²) in [5.74, 6) is 3.47. The van der Waals surface area contributed by atoms with Crippen LogP contribution in [0, 0.1) is 18.8 Å². The molecule has 0 spiro atoms. The van der Waals surface area contributed by atoms with E-state index in [2.05, 4.69) is 30.7 Å². The predicted octanol–water partition coefficient (Wildman–Crippen LogP) is 2.21. The summed E-state index contributed by atoms with van der Waals surface area (Å²) in [6, 6.07) is 2.05. The molecular weight excluding hydrogens is 276 g/mol. The maximum atomic E-state index is 12.3. The highest BCUT2D eigenvalue weighted by Gasteiger charge is 2.42. The average molecular weight is 302 g/mol. The Morgan fingerprint density at radius 1 is 1.23 bits per heavy atom. The molecule has 1 saturated heterocycles. The molecule has 2 heterocycles. The summed E-state index contributed by atoms with van der Waals surface area (Å²) in [6.07, 6.45) is 1.07. The van der Waals surface area contributed by atoms with Crippen LogP contribution in [0.5, 0.6) is 0 Å². The van der Waals surface area contributed by atoms with Crippen LogP contribution >= 0.6 is 0 Å². The zero-order chi connectivity index (χ0) is 15.9. The molecule has 1 saturated carbocycles. The molecule has 2 fully saturated rings. The molecule has 1 aliphatic carbocycles. The number of amides is 1. The molecule has 0 N–H and O–H groups in total. The summed E-state index contributed by atoms with van der Waals surface area (Å²) in [4.78, 5) is 25.8. The molecule has 3 rings (SSSR count). The third-order valence-corrected chi connectivity index (χ3v) is 4.72. The summed E-state index contributed by atoms with van der Waals surface area (Å²) in [5.41, 5.74) is 1.01. The van der Waals surface area contributed by atoms with Crippen LogP contribution in [0.15, 0.2) is 6.07 Å². The molecule has 1 aromatic rings. The van der Waals surface area contributed by atoms with Gasteiger partial charge in [-0.05, 0) is 19.3 Å². The Balaban J connectivity index is 1.65. The van der Waals surface area contributed by atoms with Gasteiger partial charge in [-0.3, -0.25) is 4.79 Å². The Labute approximate surface area is 132 Å². The van der Waals surface area contributed by atoms with E-state index in [4.69, 9.17) is 4.98 Å². The van der Waals surface area contributed by atoms with Crippen molar-refractivity contribution in [3.8, 4) is 0 Å². The molecule has 5 heteroatoms. The number of rotatable bonds is 3. The molecule has 2 aliphatic rings. The van der Waals surface area contributed by atoms with Crippen LogP contribution in [-0.4, -0.2) is 47.0 Å². The Hall–Kier alpha value is -1.65. The average Bonchev–Trinajstić information content (AvgIpc) is 3.23. The molecule has 0 aromatic carbocycles. The second-order valence-electron chi connectivity index (χ2n) is 7.01. The highest BCUT2D eigenvalue weighted by atomic mass is 16.2. The Kier molecular flexibility index (Phi) is 4.06. The topological polar surface area (TPSA) is 49.3 Å². The minimum absolute atomic E-state index is 0.292. The summed E-state index contributed by atoms with van der Waals surface area (Å²) in [6.45, 7) is 11.8. The molecule has 120 valence electrons. The number of carbonyl (C=O) groups is 1.